The van der Waals surface area contributed by atoms with Crippen LogP contribution in [0.2, 0.25) is 0 Å². The Morgan fingerprint density at radius 3 is 2.74 bits per heavy atom. The molecule has 3 N–H and O–H groups in total. The van der Waals surface area contributed by atoms with Crippen LogP contribution in [0.25, 0.3) is 0 Å². The van der Waals surface area contributed by atoms with Gasteiger partial charge in [-0.05, 0) is 44.0 Å². The molecular formula is C17H27N3O3. The number of amides is 1. The Balaban J connectivity index is 2.07. The summed E-state index contributed by atoms with van der Waals surface area (Å²) in [5.41, 5.74) is 6.56. The van der Waals surface area contributed by atoms with Gasteiger partial charge in [0, 0.05) is 12.6 Å². The predicted octanol–water partition coefficient (Wildman–Crippen LogP) is 1.70. The van der Waals surface area contributed by atoms with Crippen molar-refractivity contribution in [2.45, 2.75) is 26.3 Å². The molecule has 2 rings (SSSR count). The van der Waals surface area contributed by atoms with E-state index in [9.17, 15) is 4.79 Å². The molecular weight excluding hydrogens is 294 g/mol. The van der Waals surface area contributed by atoms with E-state index in [1.54, 1.807) is 32.4 Å². The van der Waals surface area contributed by atoms with Gasteiger partial charge in [-0.25, -0.2) is 0 Å². The van der Waals surface area contributed by atoms with Crippen LogP contribution in [-0.2, 0) is 4.79 Å². The SMILES string of the molecule is COc1ccc(OC)c(NC(=O)C(C)N2CCC(C)(CN)C2)c1. The standard InChI is InChI=1S/C17H27N3O3/c1-12(20-8-7-17(2,10-18)11-20)16(21)19-14-9-13(22-3)5-6-15(14)23-4/h5-6,9,12H,7-8,10-11,18H2,1-4H3,(H,19,21). The third-order valence-corrected chi connectivity index (χ3v) is 4.67. The summed E-state index contributed by atoms with van der Waals surface area (Å²) in [6.07, 6.45) is 1.02. The van der Waals surface area contributed by atoms with Crippen LogP contribution in [0.5, 0.6) is 11.5 Å². The van der Waals surface area contributed by atoms with Gasteiger partial charge in [0.05, 0.1) is 25.9 Å². The van der Waals surface area contributed by atoms with Crippen molar-refractivity contribution in [3.8, 4) is 11.5 Å². The number of likely N-dealkylation sites (tertiary alicyclic amines) is 1. The van der Waals surface area contributed by atoms with Crippen LogP contribution in [-0.4, -0.2) is 50.7 Å². The molecule has 1 saturated heterocycles. The molecule has 0 saturated carbocycles. The summed E-state index contributed by atoms with van der Waals surface area (Å²) in [6, 6.07) is 5.11. The van der Waals surface area contributed by atoms with Crippen LogP contribution in [0.3, 0.4) is 0 Å². The van der Waals surface area contributed by atoms with E-state index < -0.39 is 0 Å². The average Bonchev–Trinajstić information content (AvgIpc) is 2.97. The molecule has 128 valence electrons. The smallest absolute Gasteiger partial charge is 0.241 e. The predicted molar refractivity (Wildman–Crippen MR) is 91.0 cm³/mol. The topological polar surface area (TPSA) is 76.8 Å². The van der Waals surface area contributed by atoms with Crippen molar-refractivity contribution in [1.29, 1.82) is 0 Å². The molecule has 0 spiro atoms. The van der Waals surface area contributed by atoms with Crippen LogP contribution < -0.4 is 20.5 Å². The van der Waals surface area contributed by atoms with E-state index in [1.807, 2.05) is 6.92 Å². The van der Waals surface area contributed by atoms with E-state index in [4.69, 9.17) is 15.2 Å². The zero-order chi connectivity index (χ0) is 17.0. The highest BCUT2D eigenvalue weighted by molar-refractivity contribution is 5.96. The van der Waals surface area contributed by atoms with E-state index in [2.05, 4.69) is 17.1 Å². The minimum Gasteiger partial charge on any atom is -0.497 e. The molecule has 23 heavy (non-hydrogen) atoms. The highest BCUT2D eigenvalue weighted by atomic mass is 16.5. The second-order valence-corrected chi connectivity index (χ2v) is 6.47. The summed E-state index contributed by atoms with van der Waals surface area (Å²) in [5.74, 6) is 1.23. The molecule has 1 aromatic rings. The molecule has 1 aliphatic heterocycles. The summed E-state index contributed by atoms with van der Waals surface area (Å²) >= 11 is 0. The number of nitrogens with one attached hydrogen (secondary N) is 1. The number of carbonyl (C=O) groups excluding carboxylic acids is 1. The molecule has 1 heterocycles. The minimum absolute atomic E-state index is 0.0576. The number of anilines is 1. The lowest BCUT2D eigenvalue weighted by Crippen LogP contribution is -2.42. The molecule has 1 fully saturated rings. The van der Waals surface area contributed by atoms with Gasteiger partial charge in [0.25, 0.3) is 0 Å². The molecule has 0 aliphatic carbocycles. The van der Waals surface area contributed by atoms with E-state index in [0.29, 0.717) is 23.7 Å². The van der Waals surface area contributed by atoms with E-state index in [-0.39, 0.29) is 17.4 Å². The molecule has 6 nitrogen and oxygen atoms in total. The quantitative estimate of drug-likeness (QED) is 0.834. The second-order valence-electron chi connectivity index (χ2n) is 6.47. The Morgan fingerprint density at radius 2 is 2.17 bits per heavy atom. The molecule has 0 aromatic heterocycles. The van der Waals surface area contributed by atoms with Crippen molar-refractivity contribution in [2.24, 2.45) is 11.1 Å². The number of nitrogens with two attached hydrogens (primary N) is 1. The largest absolute Gasteiger partial charge is 0.497 e. The van der Waals surface area contributed by atoms with Crippen molar-refractivity contribution in [3.63, 3.8) is 0 Å². The van der Waals surface area contributed by atoms with Crippen molar-refractivity contribution in [3.05, 3.63) is 18.2 Å². The second kappa shape index (κ2) is 7.19. The van der Waals surface area contributed by atoms with Crippen LogP contribution in [0.4, 0.5) is 5.69 Å². The zero-order valence-corrected chi connectivity index (χ0v) is 14.4. The lowest BCUT2D eigenvalue weighted by atomic mass is 9.90. The summed E-state index contributed by atoms with van der Waals surface area (Å²) in [7, 11) is 3.17. The normalized spacial score (nSPS) is 22.7. The minimum atomic E-state index is -0.223. The number of nitrogens with zero attached hydrogens (tertiary/aromatic N) is 1. The highest BCUT2D eigenvalue weighted by Gasteiger charge is 2.36. The molecule has 6 heteroatoms. The van der Waals surface area contributed by atoms with E-state index in [0.717, 1.165) is 19.5 Å². The Hall–Kier alpha value is -1.79. The third kappa shape index (κ3) is 3.95. The highest BCUT2D eigenvalue weighted by Crippen LogP contribution is 2.31. The lowest BCUT2D eigenvalue weighted by Gasteiger charge is -2.26. The van der Waals surface area contributed by atoms with Crippen molar-refractivity contribution < 1.29 is 14.3 Å². The van der Waals surface area contributed by atoms with Gasteiger partial charge < -0.3 is 20.5 Å². The Morgan fingerprint density at radius 1 is 1.43 bits per heavy atom. The maximum absolute atomic E-state index is 12.6. The van der Waals surface area contributed by atoms with Gasteiger partial charge in [-0.2, -0.15) is 0 Å². The Kier molecular flexibility index (Phi) is 5.49. The monoisotopic (exact) mass is 321 g/mol. The summed E-state index contributed by atoms with van der Waals surface area (Å²) in [5, 5.41) is 2.94. The summed E-state index contributed by atoms with van der Waals surface area (Å²) < 4.78 is 10.5. The maximum atomic E-state index is 12.6. The van der Waals surface area contributed by atoms with Gasteiger partial charge in [-0.1, -0.05) is 6.92 Å². The van der Waals surface area contributed by atoms with Gasteiger partial charge in [0.1, 0.15) is 11.5 Å². The number of hydrogen-bond donors (Lipinski definition) is 2. The third-order valence-electron chi connectivity index (χ3n) is 4.67. The van der Waals surface area contributed by atoms with Crippen LogP contribution in [0.1, 0.15) is 20.3 Å². The number of benzene rings is 1. The van der Waals surface area contributed by atoms with Crippen molar-refractivity contribution in [1.82, 2.24) is 4.90 Å². The van der Waals surface area contributed by atoms with Crippen LogP contribution >= 0.6 is 0 Å². The number of ether oxygens (including phenoxy) is 2. The zero-order valence-electron chi connectivity index (χ0n) is 14.4. The van der Waals surface area contributed by atoms with Gasteiger partial charge >= 0.3 is 0 Å². The van der Waals surface area contributed by atoms with Crippen LogP contribution in [0.15, 0.2) is 18.2 Å². The Bertz CT molecular complexity index is 564. The number of rotatable bonds is 6. The lowest BCUT2D eigenvalue weighted by molar-refractivity contribution is -0.120. The maximum Gasteiger partial charge on any atom is 0.241 e. The molecule has 1 aromatic carbocycles. The molecule has 1 amide bonds. The summed E-state index contributed by atoms with van der Waals surface area (Å²) in [6.45, 7) is 6.46. The van der Waals surface area contributed by atoms with E-state index in [1.165, 1.54) is 0 Å². The van der Waals surface area contributed by atoms with Crippen molar-refractivity contribution >= 4 is 11.6 Å². The number of carbonyl (C=O) groups is 1. The molecule has 2 unspecified atom stereocenters. The number of methoxy groups -OCH3 is 2. The first-order valence-corrected chi connectivity index (χ1v) is 7.89. The molecule has 0 radical (unpaired) electrons. The van der Waals surface area contributed by atoms with Gasteiger partial charge in [0.15, 0.2) is 0 Å². The van der Waals surface area contributed by atoms with Gasteiger partial charge in [-0.3, -0.25) is 9.69 Å². The molecule has 0 bridgehead atoms. The first kappa shape index (κ1) is 17.6. The van der Waals surface area contributed by atoms with Gasteiger partial charge in [0.2, 0.25) is 5.91 Å². The fourth-order valence-electron chi connectivity index (χ4n) is 2.87. The fraction of sp³-hybridized carbons (Fsp3) is 0.588. The number of hydrogen-bond acceptors (Lipinski definition) is 5. The fourth-order valence-corrected chi connectivity index (χ4v) is 2.87. The van der Waals surface area contributed by atoms with Crippen molar-refractivity contribution in [2.75, 3.05) is 39.2 Å². The Labute approximate surface area is 137 Å². The summed E-state index contributed by atoms with van der Waals surface area (Å²) in [4.78, 5) is 14.8. The average molecular weight is 321 g/mol. The molecule has 1 aliphatic rings. The first-order chi connectivity index (χ1) is 10.9. The molecule has 2 atom stereocenters. The van der Waals surface area contributed by atoms with Gasteiger partial charge in [-0.15, -0.1) is 0 Å². The van der Waals surface area contributed by atoms with E-state index >= 15 is 0 Å². The first-order valence-electron chi connectivity index (χ1n) is 7.89. The van der Waals surface area contributed by atoms with Crippen LogP contribution in [0, 0.1) is 5.41 Å².